The van der Waals surface area contributed by atoms with E-state index >= 15 is 0 Å². The summed E-state index contributed by atoms with van der Waals surface area (Å²) in [6.45, 7) is 1.83. The highest BCUT2D eigenvalue weighted by atomic mass is 16.3. The molecule has 0 aliphatic heterocycles. The van der Waals surface area contributed by atoms with E-state index < -0.39 is 0 Å². The third-order valence-electron chi connectivity index (χ3n) is 3.41. The van der Waals surface area contributed by atoms with Crippen molar-refractivity contribution in [3.05, 3.63) is 60.4 Å². The van der Waals surface area contributed by atoms with E-state index in [0.717, 1.165) is 11.3 Å². The lowest BCUT2D eigenvalue weighted by Crippen LogP contribution is -2.04. The third-order valence-corrected chi connectivity index (χ3v) is 3.41. The number of phenolic OH excluding ortho intramolecular Hbond substituents is 1. The van der Waals surface area contributed by atoms with Crippen molar-refractivity contribution in [2.45, 2.75) is 13.3 Å². The van der Waals surface area contributed by atoms with Gasteiger partial charge in [-0.15, -0.1) is 0 Å². The molecule has 3 aromatic rings. The number of aromatic nitrogens is 3. The van der Waals surface area contributed by atoms with Crippen molar-refractivity contribution in [3.8, 4) is 22.8 Å². The SMILES string of the molecule is CCC(=O)c1ccnc(-n2nccc2-c2ccc(O)cc2)c1. The normalized spacial score (nSPS) is 10.6. The fourth-order valence-electron chi connectivity index (χ4n) is 2.25. The van der Waals surface area contributed by atoms with Gasteiger partial charge in [-0.3, -0.25) is 4.79 Å². The van der Waals surface area contributed by atoms with Crippen LogP contribution in [0.4, 0.5) is 0 Å². The molecule has 2 heterocycles. The third kappa shape index (κ3) is 2.61. The number of ketones is 1. The van der Waals surface area contributed by atoms with Crippen LogP contribution in [0.5, 0.6) is 5.75 Å². The van der Waals surface area contributed by atoms with E-state index in [-0.39, 0.29) is 11.5 Å². The van der Waals surface area contributed by atoms with Crippen LogP contribution in [-0.2, 0) is 0 Å². The van der Waals surface area contributed by atoms with Crippen LogP contribution in [0.3, 0.4) is 0 Å². The number of hydrogen-bond acceptors (Lipinski definition) is 4. The van der Waals surface area contributed by atoms with Crippen LogP contribution in [0.2, 0.25) is 0 Å². The maximum atomic E-state index is 11.8. The molecule has 0 spiro atoms. The Bertz CT molecular complexity index is 807. The largest absolute Gasteiger partial charge is 0.508 e. The number of carbonyl (C=O) groups excluding carboxylic acids is 1. The molecule has 0 atom stereocenters. The molecule has 22 heavy (non-hydrogen) atoms. The molecular weight excluding hydrogens is 278 g/mol. The van der Waals surface area contributed by atoms with E-state index in [1.165, 1.54) is 0 Å². The van der Waals surface area contributed by atoms with Crippen molar-refractivity contribution in [3.63, 3.8) is 0 Å². The molecule has 110 valence electrons. The Morgan fingerprint density at radius 2 is 1.91 bits per heavy atom. The second-order valence-corrected chi connectivity index (χ2v) is 4.85. The lowest BCUT2D eigenvalue weighted by atomic mass is 10.1. The number of phenols is 1. The minimum atomic E-state index is 0.0713. The van der Waals surface area contributed by atoms with Gasteiger partial charge in [-0.2, -0.15) is 5.10 Å². The zero-order chi connectivity index (χ0) is 15.5. The Morgan fingerprint density at radius 3 is 2.64 bits per heavy atom. The molecule has 5 heteroatoms. The minimum Gasteiger partial charge on any atom is -0.508 e. The monoisotopic (exact) mass is 293 g/mol. The first kappa shape index (κ1) is 14.0. The number of carbonyl (C=O) groups is 1. The van der Waals surface area contributed by atoms with Gasteiger partial charge < -0.3 is 5.11 Å². The van der Waals surface area contributed by atoms with Gasteiger partial charge in [-0.1, -0.05) is 6.92 Å². The summed E-state index contributed by atoms with van der Waals surface area (Å²) in [5.41, 5.74) is 2.37. The summed E-state index contributed by atoms with van der Waals surface area (Å²) in [7, 11) is 0. The lowest BCUT2D eigenvalue weighted by molar-refractivity contribution is 0.0988. The van der Waals surface area contributed by atoms with E-state index in [0.29, 0.717) is 17.8 Å². The zero-order valence-electron chi connectivity index (χ0n) is 12.1. The first-order valence-corrected chi connectivity index (χ1v) is 7.02. The van der Waals surface area contributed by atoms with Gasteiger partial charge in [0.2, 0.25) is 0 Å². The highest BCUT2D eigenvalue weighted by molar-refractivity contribution is 5.96. The van der Waals surface area contributed by atoms with Crippen LogP contribution < -0.4 is 0 Å². The molecule has 2 aromatic heterocycles. The smallest absolute Gasteiger partial charge is 0.162 e. The van der Waals surface area contributed by atoms with E-state index in [9.17, 15) is 9.90 Å². The molecule has 1 aromatic carbocycles. The Hall–Kier alpha value is -2.95. The summed E-state index contributed by atoms with van der Waals surface area (Å²) in [6, 6.07) is 12.2. The van der Waals surface area contributed by atoms with Gasteiger partial charge in [0.1, 0.15) is 5.75 Å². The van der Waals surface area contributed by atoms with Gasteiger partial charge in [0.25, 0.3) is 0 Å². The molecule has 0 saturated heterocycles. The molecule has 0 unspecified atom stereocenters. The molecule has 0 fully saturated rings. The quantitative estimate of drug-likeness (QED) is 0.750. The molecule has 0 radical (unpaired) electrons. The maximum Gasteiger partial charge on any atom is 0.162 e. The molecular formula is C17H15N3O2. The Balaban J connectivity index is 2.05. The number of aromatic hydroxyl groups is 1. The summed E-state index contributed by atoms with van der Waals surface area (Å²) in [5, 5.41) is 13.7. The standard InChI is InChI=1S/C17H15N3O2/c1-2-16(22)13-7-9-18-17(11-13)20-15(8-10-19-20)12-3-5-14(21)6-4-12/h3-11,21H,2H2,1H3. The second kappa shape index (κ2) is 5.81. The number of Topliss-reactive ketones (excluding diaryl/α,β-unsaturated/α-hetero) is 1. The first-order valence-electron chi connectivity index (χ1n) is 7.02. The molecule has 3 rings (SSSR count). The molecule has 0 bridgehead atoms. The molecule has 0 aliphatic rings. The van der Waals surface area contributed by atoms with Crippen LogP contribution in [0.25, 0.3) is 17.1 Å². The van der Waals surface area contributed by atoms with E-state index in [1.54, 1.807) is 41.3 Å². The van der Waals surface area contributed by atoms with Gasteiger partial charge in [-0.25, -0.2) is 9.67 Å². The molecule has 0 amide bonds. The average molecular weight is 293 g/mol. The van der Waals surface area contributed by atoms with Crippen molar-refractivity contribution in [2.24, 2.45) is 0 Å². The summed E-state index contributed by atoms with van der Waals surface area (Å²) in [4.78, 5) is 16.1. The van der Waals surface area contributed by atoms with Crippen molar-refractivity contribution in [2.75, 3.05) is 0 Å². The summed E-state index contributed by atoms with van der Waals surface area (Å²) < 4.78 is 1.68. The maximum absolute atomic E-state index is 11.8. The summed E-state index contributed by atoms with van der Waals surface area (Å²) >= 11 is 0. The second-order valence-electron chi connectivity index (χ2n) is 4.85. The fraction of sp³-hybridized carbons (Fsp3) is 0.118. The van der Waals surface area contributed by atoms with Crippen LogP contribution in [0.15, 0.2) is 54.9 Å². The summed E-state index contributed by atoms with van der Waals surface area (Å²) in [5.74, 6) is 0.873. The zero-order valence-corrected chi connectivity index (χ0v) is 12.1. The van der Waals surface area contributed by atoms with Gasteiger partial charge in [0.05, 0.1) is 11.9 Å². The van der Waals surface area contributed by atoms with Crippen molar-refractivity contribution < 1.29 is 9.90 Å². The summed E-state index contributed by atoms with van der Waals surface area (Å²) in [6.07, 6.45) is 3.74. The van der Waals surface area contributed by atoms with Crippen molar-refractivity contribution in [1.29, 1.82) is 0 Å². The Labute approximate surface area is 127 Å². The van der Waals surface area contributed by atoms with Gasteiger partial charge in [-0.05, 0) is 42.5 Å². The van der Waals surface area contributed by atoms with Gasteiger partial charge in [0, 0.05) is 23.7 Å². The van der Waals surface area contributed by atoms with E-state index in [2.05, 4.69) is 10.1 Å². The van der Waals surface area contributed by atoms with Crippen LogP contribution in [0.1, 0.15) is 23.7 Å². The number of pyridine rings is 1. The topological polar surface area (TPSA) is 68.0 Å². The number of rotatable bonds is 4. The molecule has 0 saturated carbocycles. The molecule has 1 N–H and O–H groups in total. The molecule has 5 nitrogen and oxygen atoms in total. The molecule has 0 aliphatic carbocycles. The van der Waals surface area contributed by atoms with Gasteiger partial charge in [0.15, 0.2) is 11.6 Å². The average Bonchev–Trinajstić information content (AvgIpc) is 3.04. The van der Waals surface area contributed by atoms with Crippen molar-refractivity contribution in [1.82, 2.24) is 14.8 Å². The van der Waals surface area contributed by atoms with Gasteiger partial charge >= 0.3 is 0 Å². The predicted octanol–water partition coefficient (Wildman–Crippen LogP) is 3.23. The van der Waals surface area contributed by atoms with Crippen LogP contribution in [0, 0.1) is 0 Å². The fourth-order valence-corrected chi connectivity index (χ4v) is 2.25. The van der Waals surface area contributed by atoms with Crippen molar-refractivity contribution >= 4 is 5.78 Å². The van der Waals surface area contributed by atoms with E-state index in [4.69, 9.17) is 0 Å². The Kier molecular flexibility index (Phi) is 3.70. The highest BCUT2D eigenvalue weighted by Gasteiger charge is 2.11. The highest BCUT2D eigenvalue weighted by Crippen LogP contribution is 2.23. The Morgan fingerprint density at radius 1 is 1.14 bits per heavy atom. The van der Waals surface area contributed by atoms with Crippen LogP contribution in [-0.4, -0.2) is 25.7 Å². The first-order chi connectivity index (χ1) is 10.7. The predicted molar refractivity (Wildman–Crippen MR) is 83.1 cm³/mol. The number of benzene rings is 1. The van der Waals surface area contributed by atoms with E-state index in [1.807, 2.05) is 25.1 Å². The number of nitrogens with zero attached hydrogens (tertiary/aromatic N) is 3. The lowest BCUT2D eigenvalue weighted by Gasteiger charge is -2.08. The van der Waals surface area contributed by atoms with Crippen LogP contribution >= 0.6 is 0 Å². The minimum absolute atomic E-state index is 0.0713. The number of hydrogen-bond donors (Lipinski definition) is 1.